The Morgan fingerprint density at radius 3 is 2.30 bits per heavy atom. The molecule has 2 heteroatoms. The first kappa shape index (κ1) is 15.5. The van der Waals surface area contributed by atoms with Gasteiger partial charge >= 0.3 is 0 Å². The highest BCUT2D eigenvalue weighted by molar-refractivity contribution is 5.98. The topological polar surface area (TPSA) is 26.3 Å². The first-order chi connectivity index (χ1) is 10.9. The minimum absolute atomic E-state index is 0.0165. The minimum atomic E-state index is 0.0165. The summed E-state index contributed by atoms with van der Waals surface area (Å²) in [6.45, 7) is 6.55. The lowest BCUT2D eigenvalue weighted by molar-refractivity contribution is 0.0992. The second kappa shape index (κ2) is 5.69. The number of carbonyl (C=O) groups excluding carboxylic acids is 1. The van der Waals surface area contributed by atoms with Crippen LogP contribution in [0.2, 0.25) is 0 Å². The summed E-state index contributed by atoms with van der Waals surface area (Å²) in [6.07, 6.45) is 4.49. The number of hydrogen-bond acceptors (Lipinski definition) is 2. The quantitative estimate of drug-likeness (QED) is 0.749. The van der Waals surface area contributed by atoms with Crippen molar-refractivity contribution in [3.8, 4) is 5.75 Å². The number of ether oxygens (including phenoxy) is 1. The molecule has 0 heterocycles. The zero-order valence-electron chi connectivity index (χ0n) is 14.1. The van der Waals surface area contributed by atoms with Crippen LogP contribution in [0, 0.1) is 0 Å². The van der Waals surface area contributed by atoms with Gasteiger partial charge < -0.3 is 4.74 Å². The van der Waals surface area contributed by atoms with E-state index in [-0.39, 0.29) is 11.2 Å². The molecule has 0 aromatic heterocycles. The molecule has 0 radical (unpaired) electrons. The molecule has 23 heavy (non-hydrogen) atoms. The Labute approximate surface area is 137 Å². The van der Waals surface area contributed by atoms with Crippen LogP contribution < -0.4 is 4.74 Å². The number of Topliss-reactive ketones (excluding diaryl/α,β-unsaturated/α-hetero) is 1. The standard InChI is InChI=1S/C21H22O2/c1-21(2,3)18-11-16-10-7-14-5-8-15(9-6-14)19(22)13-17(12-18)20(16)23-4/h5-12H,13H2,1-4H3/b10-7-. The average molecular weight is 306 g/mol. The van der Waals surface area contributed by atoms with Crippen LogP contribution in [0.25, 0.3) is 12.2 Å². The van der Waals surface area contributed by atoms with Gasteiger partial charge in [0.05, 0.1) is 7.11 Å². The number of ketones is 1. The van der Waals surface area contributed by atoms with Crippen molar-refractivity contribution in [3.05, 3.63) is 64.2 Å². The lowest BCUT2D eigenvalue weighted by Crippen LogP contribution is -2.14. The molecule has 2 aliphatic carbocycles. The van der Waals surface area contributed by atoms with Gasteiger partial charge in [-0.25, -0.2) is 0 Å². The number of methoxy groups -OCH3 is 1. The summed E-state index contributed by atoms with van der Waals surface area (Å²) in [5.41, 5.74) is 5.02. The summed E-state index contributed by atoms with van der Waals surface area (Å²) < 4.78 is 5.64. The summed E-state index contributed by atoms with van der Waals surface area (Å²) in [4.78, 5) is 12.6. The maximum Gasteiger partial charge on any atom is 0.167 e. The van der Waals surface area contributed by atoms with Gasteiger partial charge in [-0.05, 0) is 22.6 Å². The van der Waals surface area contributed by atoms with Crippen LogP contribution in [0.15, 0.2) is 36.4 Å². The van der Waals surface area contributed by atoms with Crippen LogP contribution in [0.3, 0.4) is 0 Å². The third-order valence-corrected chi connectivity index (χ3v) is 4.30. The predicted molar refractivity (Wildman–Crippen MR) is 95.1 cm³/mol. The van der Waals surface area contributed by atoms with Crippen LogP contribution in [0.5, 0.6) is 5.75 Å². The summed E-state index contributed by atoms with van der Waals surface area (Å²) in [5, 5.41) is 0. The largest absolute Gasteiger partial charge is 0.496 e. The molecule has 0 unspecified atom stereocenters. The van der Waals surface area contributed by atoms with E-state index in [1.54, 1.807) is 7.11 Å². The van der Waals surface area contributed by atoms with E-state index in [9.17, 15) is 4.79 Å². The normalized spacial score (nSPS) is 15.2. The van der Waals surface area contributed by atoms with Crippen molar-refractivity contribution in [1.82, 2.24) is 0 Å². The second-order valence-corrected chi connectivity index (χ2v) is 7.06. The Morgan fingerprint density at radius 2 is 1.70 bits per heavy atom. The Morgan fingerprint density at radius 1 is 1.00 bits per heavy atom. The molecule has 4 rings (SSSR count). The van der Waals surface area contributed by atoms with E-state index in [1.807, 2.05) is 24.3 Å². The highest BCUT2D eigenvalue weighted by atomic mass is 16.5. The first-order valence-electron chi connectivity index (χ1n) is 7.91. The number of benzene rings is 2. The maximum absolute atomic E-state index is 12.6. The van der Waals surface area contributed by atoms with Crippen LogP contribution in [-0.4, -0.2) is 12.9 Å². The monoisotopic (exact) mass is 306 g/mol. The van der Waals surface area contributed by atoms with Crippen molar-refractivity contribution in [2.75, 3.05) is 7.11 Å². The highest BCUT2D eigenvalue weighted by Gasteiger charge is 2.20. The van der Waals surface area contributed by atoms with Gasteiger partial charge in [-0.2, -0.15) is 0 Å². The molecule has 2 aliphatic rings. The molecule has 0 atom stereocenters. The molecule has 0 amide bonds. The lowest BCUT2D eigenvalue weighted by atomic mass is 9.84. The van der Waals surface area contributed by atoms with Crippen molar-refractivity contribution in [2.24, 2.45) is 0 Å². The van der Waals surface area contributed by atoms with Crippen molar-refractivity contribution in [1.29, 1.82) is 0 Å². The van der Waals surface area contributed by atoms with Crippen LogP contribution in [-0.2, 0) is 11.8 Å². The number of hydrogen-bond donors (Lipinski definition) is 0. The number of carbonyl (C=O) groups is 1. The number of rotatable bonds is 1. The first-order valence-corrected chi connectivity index (χ1v) is 7.91. The van der Waals surface area contributed by atoms with Gasteiger partial charge in [-0.3, -0.25) is 4.79 Å². The molecule has 4 bridgehead atoms. The maximum atomic E-state index is 12.6. The molecule has 2 aromatic rings. The fourth-order valence-electron chi connectivity index (χ4n) is 2.89. The average Bonchev–Trinajstić information content (AvgIpc) is 2.53. The molecule has 0 aliphatic heterocycles. The smallest absolute Gasteiger partial charge is 0.167 e. The van der Waals surface area contributed by atoms with Gasteiger partial charge in [0.1, 0.15) is 5.75 Å². The number of fused-ring (bicyclic) bond motifs is 3. The summed E-state index contributed by atoms with van der Waals surface area (Å²) >= 11 is 0. The molecular weight excluding hydrogens is 284 g/mol. The van der Waals surface area contributed by atoms with Crippen molar-refractivity contribution in [2.45, 2.75) is 32.6 Å². The van der Waals surface area contributed by atoms with Crippen molar-refractivity contribution < 1.29 is 9.53 Å². The zero-order chi connectivity index (χ0) is 16.6. The van der Waals surface area contributed by atoms with Crippen LogP contribution in [0.1, 0.15) is 53.4 Å². The van der Waals surface area contributed by atoms with E-state index in [2.05, 4.69) is 45.1 Å². The summed E-state index contributed by atoms with van der Waals surface area (Å²) in [5.74, 6) is 0.916. The van der Waals surface area contributed by atoms with E-state index >= 15 is 0 Å². The highest BCUT2D eigenvalue weighted by Crippen LogP contribution is 2.34. The van der Waals surface area contributed by atoms with Crippen LogP contribution in [0.4, 0.5) is 0 Å². The second-order valence-electron chi connectivity index (χ2n) is 7.06. The summed E-state index contributed by atoms with van der Waals surface area (Å²) in [6, 6.07) is 12.0. The van der Waals surface area contributed by atoms with Gasteiger partial charge in [-0.1, -0.05) is 63.3 Å². The fourth-order valence-corrected chi connectivity index (χ4v) is 2.89. The molecule has 0 spiro atoms. The van der Waals surface area contributed by atoms with E-state index in [0.717, 1.165) is 28.0 Å². The van der Waals surface area contributed by atoms with Crippen molar-refractivity contribution in [3.63, 3.8) is 0 Å². The van der Waals surface area contributed by atoms with E-state index < -0.39 is 0 Å². The Balaban J connectivity index is 2.25. The molecule has 0 saturated heterocycles. The van der Waals surface area contributed by atoms with E-state index in [1.165, 1.54) is 5.56 Å². The Kier molecular flexibility index (Phi) is 3.85. The van der Waals surface area contributed by atoms with Gasteiger partial charge in [0.2, 0.25) is 0 Å². The third-order valence-electron chi connectivity index (χ3n) is 4.30. The van der Waals surface area contributed by atoms with Gasteiger partial charge in [-0.15, -0.1) is 0 Å². The van der Waals surface area contributed by atoms with Gasteiger partial charge in [0.25, 0.3) is 0 Å². The minimum Gasteiger partial charge on any atom is -0.496 e. The zero-order valence-corrected chi connectivity index (χ0v) is 14.1. The van der Waals surface area contributed by atoms with Gasteiger partial charge in [0, 0.05) is 23.1 Å². The summed E-state index contributed by atoms with van der Waals surface area (Å²) in [7, 11) is 1.67. The molecule has 0 fully saturated rings. The third kappa shape index (κ3) is 3.07. The van der Waals surface area contributed by atoms with E-state index in [0.29, 0.717) is 6.42 Å². The molecule has 2 nitrogen and oxygen atoms in total. The van der Waals surface area contributed by atoms with E-state index in [4.69, 9.17) is 4.74 Å². The predicted octanol–water partition coefficient (Wildman–Crippen LogP) is 4.90. The SMILES string of the molecule is COc1c2cc(C(C)(C)C)cc1CC(=O)c1ccc(cc1)/C=C\2. The lowest BCUT2D eigenvalue weighted by Gasteiger charge is -2.22. The Bertz CT molecular complexity index is 775. The fraction of sp³-hybridized carbons (Fsp3) is 0.286. The van der Waals surface area contributed by atoms with Crippen molar-refractivity contribution >= 4 is 17.9 Å². The molecule has 0 saturated carbocycles. The molecule has 2 aromatic carbocycles. The Hall–Kier alpha value is -2.35. The molecule has 0 N–H and O–H groups in total. The van der Waals surface area contributed by atoms with Crippen LogP contribution >= 0.6 is 0 Å². The molecular formula is C21H22O2. The molecule has 118 valence electrons. The van der Waals surface area contributed by atoms with Gasteiger partial charge in [0.15, 0.2) is 5.78 Å².